The predicted molar refractivity (Wildman–Crippen MR) is 98.9 cm³/mol. The summed E-state index contributed by atoms with van der Waals surface area (Å²) in [6, 6.07) is 7.06. The van der Waals surface area contributed by atoms with E-state index in [1.54, 1.807) is 32.2 Å². The molecule has 0 radical (unpaired) electrons. The summed E-state index contributed by atoms with van der Waals surface area (Å²) in [6.45, 7) is 3.81. The Kier molecular flexibility index (Phi) is 6.02. The standard InChI is InChI=1S/C19H21N3O4/c1-5-8-22-18(23)14(10-20)12(2)15(19(22)24)11-21-16-7-6-13(25-3)9-17(16)26-4/h6-7,9,11,24H,5,8H2,1-4H3. The van der Waals surface area contributed by atoms with Crippen LogP contribution in [0, 0.1) is 18.3 Å². The molecule has 1 aromatic carbocycles. The van der Waals surface area contributed by atoms with Crippen molar-refractivity contribution >= 4 is 11.9 Å². The van der Waals surface area contributed by atoms with Gasteiger partial charge in [0.25, 0.3) is 5.56 Å². The number of hydrogen-bond acceptors (Lipinski definition) is 6. The number of benzene rings is 1. The molecule has 0 aliphatic carbocycles. The van der Waals surface area contributed by atoms with Crippen molar-refractivity contribution in [3.05, 3.63) is 45.2 Å². The molecule has 0 fully saturated rings. The number of aliphatic imine (C=N–C) groups is 1. The molecular weight excluding hydrogens is 334 g/mol. The Balaban J connectivity index is 2.60. The summed E-state index contributed by atoms with van der Waals surface area (Å²) < 4.78 is 11.6. The molecule has 0 unspecified atom stereocenters. The van der Waals surface area contributed by atoms with E-state index in [-0.39, 0.29) is 11.4 Å². The summed E-state index contributed by atoms with van der Waals surface area (Å²) in [7, 11) is 3.07. The maximum Gasteiger partial charge on any atom is 0.271 e. The van der Waals surface area contributed by atoms with E-state index in [2.05, 4.69) is 4.99 Å². The fourth-order valence-corrected chi connectivity index (χ4v) is 2.58. The lowest BCUT2D eigenvalue weighted by atomic mass is 10.1. The van der Waals surface area contributed by atoms with Crippen LogP contribution in [0.3, 0.4) is 0 Å². The van der Waals surface area contributed by atoms with Crippen LogP contribution in [-0.2, 0) is 6.54 Å². The van der Waals surface area contributed by atoms with Crippen molar-refractivity contribution in [1.82, 2.24) is 4.57 Å². The number of methoxy groups -OCH3 is 2. The first-order valence-corrected chi connectivity index (χ1v) is 8.11. The summed E-state index contributed by atoms with van der Waals surface area (Å²) in [5.74, 6) is 0.924. The Morgan fingerprint density at radius 3 is 2.65 bits per heavy atom. The minimum Gasteiger partial charge on any atom is -0.497 e. The molecule has 7 nitrogen and oxygen atoms in total. The maximum absolute atomic E-state index is 12.3. The summed E-state index contributed by atoms with van der Waals surface area (Å²) >= 11 is 0. The Morgan fingerprint density at radius 2 is 2.08 bits per heavy atom. The van der Waals surface area contributed by atoms with Crippen LogP contribution in [0.4, 0.5) is 5.69 Å². The van der Waals surface area contributed by atoms with E-state index in [1.807, 2.05) is 13.0 Å². The molecule has 0 spiro atoms. The van der Waals surface area contributed by atoms with Gasteiger partial charge in [0, 0.05) is 18.8 Å². The Hall–Kier alpha value is -3.27. The third-order valence-corrected chi connectivity index (χ3v) is 4.01. The Morgan fingerprint density at radius 1 is 1.35 bits per heavy atom. The van der Waals surface area contributed by atoms with Crippen molar-refractivity contribution in [2.45, 2.75) is 26.8 Å². The van der Waals surface area contributed by atoms with E-state index in [0.717, 1.165) is 0 Å². The van der Waals surface area contributed by atoms with Gasteiger partial charge < -0.3 is 14.6 Å². The van der Waals surface area contributed by atoms with Crippen LogP contribution in [0.5, 0.6) is 17.4 Å². The Labute approximate surface area is 151 Å². The zero-order chi connectivity index (χ0) is 19.3. The topological polar surface area (TPSA) is 96.8 Å². The van der Waals surface area contributed by atoms with Crippen molar-refractivity contribution in [2.24, 2.45) is 4.99 Å². The third kappa shape index (κ3) is 3.54. The largest absolute Gasteiger partial charge is 0.497 e. The van der Waals surface area contributed by atoms with Gasteiger partial charge in [-0.15, -0.1) is 0 Å². The van der Waals surface area contributed by atoms with Gasteiger partial charge in [-0.25, -0.2) is 0 Å². The average molecular weight is 355 g/mol. The maximum atomic E-state index is 12.3. The van der Waals surface area contributed by atoms with E-state index < -0.39 is 5.56 Å². The van der Waals surface area contributed by atoms with Gasteiger partial charge in [0.1, 0.15) is 28.8 Å². The summed E-state index contributed by atoms with van der Waals surface area (Å²) in [5.41, 5.74) is 0.743. The first-order valence-electron chi connectivity index (χ1n) is 8.11. The fourth-order valence-electron chi connectivity index (χ4n) is 2.58. The number of rotatable bonds is 6. The monoisotopic (exact) mass is 355 g/mol. The number of aromatic hydroxyl groups is 1. The molecule has 7 heteroatoms. The van der Waals surface area contributed by atoms with Crippen molar-refractivity contribution in [1.29, 1.82) is 5.26 Å². The van der Waals surface area contributed by atoms with E-state index >= 15 is 0 Å². The molecule has 0 saturated carbocycles. The molecule has 1 heterocycles. The van der Waals surface area contributed by atoms with E-state index in [0.29, 0.717) is 41.3 Å². The van der Waals surface area contributed by atoms with Crippen molar-refractivity contribution in [3.63, 3.8) is 0 Å². The molecule has 0 aliphatic rings. The van der Waals surface area contributed by atoms with Crippen LogP contribution in [0.2, 0.25) is 0 Å². The van der Waals surface area contributed by atoms with E-state index in [9.17, 15) is 15.2 Å². The van der Waals surface area contributed by atoms with E-state index in [1.165, 1.54) is 17.9 Å². The third-order valence-electron chi connectivity index (χ3n) is 4.01. The van der Waals surface area contributed by atoms with Gasteiger partial charge in [0.05, 0.1) is 19.8 Å². The smallest absolute Gasteiger partial charge is 0.271 e. The lowest BCUT2D eigenvalue weighted by molar-refractivity contribution is 0.395. The highest BCUT2D eigenvalue weighted by molar-refractivity contribution is 5.88. The zero-order valence-electron chi connectivity index (χ0n) is 15.2. The molecule has 0 saturated heterocycles. The van der Waals surface area contributed by atoms with Crippen molar-refractivity contribution in [3.8, 4) is 23.4 Å². The molecule has 0 bridgehead atoms. The minimum atomic E-state index is -0.497. The van der Waals surface area contributed by atoms with Gasteiger partial charge in [-0.2, -0.15) is 5.26 Å². The van der Waals surface area contributed by atoms with Crippen LogP contribution < -0.4 is 15.0 Å². The number of aromatic nitrogens is 1. The second-order valence-electron chi connectivity index (χ2n) is 5.60. The summed E-state index contributed by atoms with van der Waals surface area (Å²) in [6.07, 6.45) is 2.08. The SMILES string of the molecule is CCCn1c(O)c(C=Nc2ccc(OC)cc2OC)c(C)c(C#N)c1=O. The van der Waals surface area contributed by atoms with Gasteiger partial charge in [0.2, 0.25) is 5.88 Å². The predicted octanol–water partition coefficient (Wildman–Crippen LogP) is 2.91. The Bertz CT molecular complexity index is 939. The molecule has 136 valence electrons. The lowest BCUT2D eigenvalue weighted by Gasteiger charge is -2.13. The molecule has 0 aliphatic heterocycles. The second kappa shape index (κ2) is 8.21. The highest BCUT2D eigenvalue weighted by Crippen LogP contribution is 2.32. The minimum absolute atomic E-state index is 0.000559. The van der Waals surface area contributed by atoms with Crippen LogP contribution in [0.1, 0.15) is 30.0 Å². The molecule has 1 aromatic heterocycles. The average Bonchev–Trinajstić information content (AvgIpc) is 2.65. The number of hydrogen-bond donors (Lipinski definition) is 1. The molecule has 1 N–H and O–H groups in total. The van der Waals surface area contributed by atoms with Crippen LogP contribution >= 0.6 is 0 Å². The van der Waals surface area contributed by atoms with Crippen molar-refractivity contribution in [2.75, 3.05) is 14.2 Å². The number of nitrogens with zero attached hydrogens (tertiary/aromatic N) is 3. The molecule has 2 rings (SSSR count). The van der Waals surface area contributed by atoms with Crippen molar-refractivity contribution < 1.29 is 14.6 Å². The first-order chi connectivity index (χ1) is 12.5. The second-order valence-corrected chi connectivity index (χ2v) is 5.60. The molecule has 0 atom stereocenters. The zero-order valence-corrected chi connectivity index (χ0v) is 15.2. The first kappa shape index (κ1) is 19.1. The molecule has 2 aromatic rings. The van der Waals surface area contributed by atoms with Gasteiger partial charge in [0.15, 0.2) is 0 Å². The summed E-state index contributed by atoms with van der Waals surface area (Å²) in [4.78, 5) is 16.7. The van der Waals surface area contributed by atoms with E-state index in [4.69, 9.17) is 9.47 Å². The normalized spacial score (nSPS) is 10.7. The van der Waals surface area contributed by atoms with Gasteiger partial charge in [-0.1, -0.05) is 6.92 Å². The molecular formula is C19H21N3O4. The highest BCUT2D eigenvalue weighted by atomic mass is 16.5. The van der Waals surface area contributed by atoms with Gasteiger partial charge in [-0.05, 0) is 31.0 Å². The summed E-state index contributed by atoms with van der Waals surface area (Å²) in [5, 5.41) is 19.8. The van der Waals surface area contributed by atoms with Crippen LogP contribution in [0.25, 0.3) is 0 Å². The number of pyridine rings is 1. The lowest BCUT2D eigenvalue weighted by Crippen LogP contribution is -2.25. The van der Waals surface area contributed by atoms with Gasteiger partial charge in [-0.3, -0.25) is 14.4 Å². The molecule has 26 heavy (non-hydrogen) atoms. The van der Waals surface area contributed by atoms with Crippen LogP contribution in [0.15, 0.2) is 28.0 Å². The quantitative estimate of drug-likeness (QED) is 0.804. The highest BCUT2D eigenvalue weighted by Gasteiger charge is 2.17. The molecule has 0 amide bonds. The fraction of sp³-hybridized carbons (Fsp3) is 0.316. The number of nitriles is 1. The van der Waals surface area contributed by atoms with Gasteiger partial charge >= 0.3 is 0 Å². The van der Waals surface area contributed by atoms with Crippen LogP contribution in [-0.4, -0.2) is 30.1 Å². The number of ether oxygens (including phenoxy) is 2.